The van der Waals surface area contributed by atoms with E-state index in [0.717, 1.165) is 0 Å². The van der Waals surface area contributed by atoms with Gasteiger partial charge in [0.15, 0.2) is 0 Å². The first-order chi connectivity index (χ1) is 4.04. The van der Waals surface area contributed by atoms with Crippen LogP contribution < -0.4 is 15.9 Å². The Morgan fingerprint density at radius 1 is 1.36 bits per heavy atom. The van der Waals surface area contributed by atoms with E-state index in [1.165, 1.54) is 0 Å². The average molecular weight is 175 g/mol. The average Bonchev–Trinajstić information content (AvgIpc) is 1.63. The standard InChI is InChI=1S/C4H7NO4.FH.Mg/c5-2(4(8)9)1-3(6)7;;/h2H,1,5H2,(H,6,7)(H,8,9);1H;/q;;+2/p-2/t2-;;/m0../s1. The van der Waals surface area contributed by atoms with Gasteiger partial charge in [-0.25, -0.2) is 0 Å². The molecule has 7 heteroatoms. The van der Waals surface area contributed by atoms with Gasteiger partial charge in [0.2, 0.25) is 0 Å². The molecule has 0 heterocycles. The molecule has 11 heavy (non-hydrogen) atoms. The first-order valence-corrected chi connectivity index (χ1v) is 2.20. The zero-order valence-corrected chi connectivity index (χ0v) is 7.02. The number of carbonyl (C=O) groups excluding carboxylic acids is 2. The monoisotopic (exact) mass is 175 g/mol. The summed E-state index contributed by atoms with van der Waals surface area (Å²) in [5.74, 6) is -3.08. The van der Waals surface area contributed by atoms with Crippen LogP contribution in [0.1, 0.15) is 6.42 Å². The second kappa shape index (κ2) is 7.70. The SMILES string of the molecule is F.N[C@@H](CC(=O)[O-])C(=O)[O-].[Mg+2]. The molecule has 1 atom stereocenters. The van der Waals surface area contributed by atoms with Gasteiger partial charge in [-0.05, 0) is 0 Å². The van der Waals surface area contributed by atoms with E-state index in [4.69, 9.17) is 5.73 Å². The molecule has 60 valence electrons. The van der Waals surface area contributed by atoms with Crippen LogP contribution in [-0.2, 0) is 9.59 Å². The number of hydrogen-bond donors (Lipinski definition) is 1. The number of carboxylic acids is 2. The van der Waals surface area contributed by atoms with E-state index in [2.05, 4.69) is 0 Å². The van der Waals surface area contributed by atoms with Crippen molar-refractivity contribution in [1.82, 2.24) is 0 Å². The van der Waals surface area contributed by atoms with Gasteiger partial charge < -0.3 is 25.5 Å². The van der Waals surface area contributed by atoms with E-state index in [1.807, 2.05) is 0 Å². The summed E-state index contributed by atoms with van der Waals surface area (Å²) in [5.41, 5.74) is 4.73. The Hall–Kier alpha value is -0.404. The van der Waals surface area contributed by atoms with Crippen LogP contribution in [0.3, 0.4) is 0 Å². The van der Waals surface area contributed by atoms with Gasteiger partial charge in [0.1, 0.15) is 0 Å². The summed E-state index contributed by atoms with van der Waals surface area (Å²) in [4.78, 5) is 19.3. The van der Waals surface area contributed by atoms with Gasteiger partial charge in [-0.3, -0.25) is 4.70 Å². The van der Waals surface area contributed by atoms with Crippen molar-refractivity contribution in [2.75, 3.05) is 0 Å². The topological polar surface area (TPSA) is 106 Å². The van der Waals surface area contributed by atoms with Crippen molar-refractivity contribution in [3.8, 4) is 0 Å². The fraction of sp³-hybridized carbons (Fsp3) is 0.500. The van der Waals surface area contributed by atoms with Crippen LogP contribution in [0.15, 0.2) is 0 Å². The van der Waals surface area contributed by atoms with Gasteiger partial charge in [0.05, 0.1) is 5.97 Å². The van der Waals surface area contributed by atoms with Crippen LogP contribution in [0.2, 0.25) is 0 Å². The molecular formula is C4H6FMgNO4. The molecule has 0 amide bonds. The Bertz CT molecular complexity index is 142. The number of nitrogens with two attached hydrogens (primary N) is 1. The molecule has 0 radical (unpaired) electrons. The summed E-state index contributed by atoms with van der Waals surface area (Å²) in [5, 5.41) is 19.3. The molecule has 0 aliphatic carbocycles. The van der Waals surface area contributed by atoms with E-state index in [-0.39, 0.29) is 27.8 Å². The third kappa shape index (κ3) is 9.60. The van der Waals surface area contributed by atoms with Crippen LogP contribution in [0.25, 0.3) is 0 Å². The predicted octanol–water partition coefficient (Wildman–Crippen LogP) is -4.02. The third-order valence-electron chi connectivity index (χ3n) is 0.689. The van der Waals surface area contributed by atoms with Crippen molar-refractivity contribution in [1.29, 1.82) is 0 Å². The Morgan fingerprint density at radius 3 is 1.82 bits per heavy atom. The van der Waals surface area contributed by atoms with Gasteiger partial charge in [0.25, 0.3) is 0 Å². The largest absolute Gasteiger partial charge is 2.00 e. The van der Waals surface area contributed by atoms with E-state index in [1.54, 1.807) is 0 Å². The number of halogens is 1. The normalized spacial score (nSPS) is 10.3. The minimum absolute atomic E-state index is 0. The van der Waals surface area contributed by atoms with Crippen molar-refractivity contribution in [2.45, 2.75) is 12.5 Å². The number of carboxylic acid groups (broad SMARTS) is 2. The van der Waals surface area contributed by atoms with E-state index < -0.39 is 24.4 Å². The molecule has 0 spiro atoms. The molecule has 0 aromatic heterocycles. The maximum absolute atomic E-state index is 9.71. The van der Waals surface area contributed by atoms with Crippen LogP contribution in [-0.4, -0.2) is 41.0 Å². The molecule has 0 aromatic rings. The fourth-order valence-corrected chi connectivity index (χ4v) is 0.263. The molecule has 0 fully saturated rings. The molecule has 2 N–H and O–H groups in total. The van der Waals surface area contributed by atoms with Crippen molar-refractivity contribution in [2.24, 2.45) is 5.73 Å². The predicted molar refractivity (Wildman–Crippen MR) is 30.9 cm³/mol. The third-order valence-corrected chi connectivity index (χ3v) is 0.689. The van der Waals surface area contributed by atoms with Gasteiger partial charge in [-0.2, -0.15) is 0 Å². The Balaban J connectivity index is -0.000000320. The van der Waals surface area contributed by atoms with E-state index in [9.17, 15) is 19.8 Å². The molecule has 5 nitrogen and oxygen atoms in total. The molecule has 0 rings (SSSR count). The van der Waals surface area contributed by atoms with Crippen LogP contribution in [0.5, 0.6) is 0 Å². The van der Waals surface area contributed by atoms with Crippen LogP contribution >= 0.6 is 0 Å². The van der Waals surface area contributed by atoms with E-state index in [0.29, 0.717) is 0 Å². The van der Waals surface area contributed by atoms with Gasteiger partial charge in [0, 0.05) is 18.4 Å². The number of carbonyl (C=O) groups is 2. The minimum Gasteiger partial charge on any atom is -0.550 e. The molecule has 0 bridgehead atoms. The summed E-state index contributed by atoms with van der Waals surface area (Å²) >= 11 is 0. The summed E-state index contributed by atoms with van der Waals surface area (Å²) in [6.45, 7) is 0. The van der Waals surface area contributed by atoms with Gasteiger partial charge >= 0.3 is 23.1 Å². The molecule has 0 aliphatic rings. The summed E-state index contributed by atoms with van der Waals surface area (Å²) < 4.78 is 0. The molecule has 0 aliphatic heterocycles. The Morgan fingerprint density at radius 2 is 1.73 bits per heavy atom. The van der Waals surface area contributed by atoms with E-state index >= 15 is 0 Å². The first kappa shape index (κ1) is 16.9. The number of rotatable bonds is 3. The zero-order valence-electron chi connectivity index (χ0n) is 5.61. The summed E-state index contributed by atoms with van der Waals surface area (Å²) in [6.07, 6.45) is -0.706. The minimum atomic E-state index is -1.58. The second-order valence-corrected chi connectivity index (χ2v) is 1.50. The van der Waals surface area contributed by atoms with Crippen LogP contribution in [0.4, 0.5) is 4.70 Å². The van der Waals surface area contributed by atoms with Crippen LogP contribution in [0, 0.1) is 0 Å². The molecule has 0 aromatic carbocycles. The maximum Gasteiger partial charge on any atom is 2.00 e. The fourth-order valence-electron chi connectivity index (χ4n) is 0.263. The van der Waals surface area contributed by atoms with Crippen molar-refractivity contribution < 1.29 is 24.5 Å². The van der Waals surface area contributed by atoms with Crippen molar-refractivity contribution >= 4 is 35.0 Å². The first-order valence-electron chi connectivity index (χ1n) is 2.20. The Kier molecular flexibility index (Phi) is 11.8. The summed E-state index contributed by atoms with van der Waals surface area (Å²) in [7, 11) is 0. The summed E-state index contributed by atoms with van der Waals surface area (Å²) in [6, 6.07) is -1.46. The molecule has 0 saturated heterocycles. The molecular weight excluding hydrogens is 169 g/mol. The van der Waals surface area contributed by atoms with Crippen molar-refractivity contribution in [3.05, 3.63) is 0 Å². The van der Waals surface area contributed by atoms with Crippen molar-refractivity contribution in [3.63, 3.8) is 0 Å². The maximum atomic E-state index is 9.71. The zero-order chi connectivity index (χ0) is 7.44. The van der Waals surface area contributed by atoms with Gasteiger partial charge in [-0.15, -0.1) is 0 Å². The molecule has 0 unspecified atom stereocenters. The Labute approximate surface area is 78.1 Å². The van der Waals surface area contributed by atoms with Gasteiger partial charge in [-0.1, -0.05) is 0 Å². The number of hydrogen-bond acceptors (Lipinski definition) is 5. The molecule has 0 saturated carbocycles. The smallest absolute Gasteiger partial charge is 0.550 e. The quantitative estimate of drug-likeness (QED) is 0.440. The number of aliphatic carboxylic acids is 2. The second-order valence-electron chi connectivity index (χ2n) is 1.50.